The molecule has 0 saturated heterocycles. The molecule has 0 fully saturated rings. The number of para-hydroxylation sites is 1. The van der Waals surface area contributed by atoms with Gasteiger partial charge in [-0.05, 0) is 30.3 Å². The SMILES string of the molecule is NC(=O)COc1ccc(Br)cc1C=NNc1ccccc1. The van der Waals surface area contributed by atoms with Crippen molar-refractivity contribution in [2.75, 3.05) is 12.0 Å². The van der Waals surface area contributed by atoms with Gasteiger partial charge in [-0.15, -0.1) is 0 Å². The van der Waals surface area contributed by atoms with Crippen LogP contribution in [0.5, 0.6) is 5.75 Å². The third-order valence-electron chi connectivity index (χ3n) is 2.51. The number of rotatable bonds is 6. The van der Waals surface area contributed by atoms with Crippen LogP contribution < -0.4 is 15.9 Å². The van der Waals surface area contributed by atoms with E-state index in [4.69, 9.17) is 10.5 Å². The maximum Gasteiger partial charge on any atom is 0.255 e. The lowest BCUT2D eigenvalue weighted by molar-refractivity contribution is -0.119. The molecule has 0 atom stereocenters. The average molecular weight is 348 g/mol. The quantitative estimate of drug-likeness (QED) is 0.623. The normalized spacial score (nSPS) is 10.5. The fourth-order valence-corrected chi connectivity index (χ4v) is 1.97. The molecule has 0 aliphatic carbocycles. The molecule has 2 aromatic carbocycles. The summed E-state index contributed by atoms with van der Waals surface area (Å²) in [5.74, 6) is 0.0128. The summed E-state index contributed by atoms with van der Waals surface area (Å²) in [5, 5.41) is 4.15. The molecule has 21 heavy (non-hydrogen) atoms. The van der Waals surface area contributed by atoms with Crippen LogP contribution in [0.3, 0.4) is 0 Å². The van der Waals surface area contributed by atoms with Crippen LogP contribution in [0.1, 0.15) is 5.56 Å². The Morgan fingerprint density at radius 3 is 2.76 bits per heavy atom. The third-order valence-corrected chi connectivity index (χ3v) is 3.01. The van der Waals surface area contributed by atoms with Gasteiger partial charge in [0.15, 0.2) is 6.61 Å². The van der Waals surface area contributed by atoms with E-state index < -0.39 is 5.91 Å². The molecule has 0 radical (unpaired) electrons. The summed E-state index contributed by atoms with van der Waals surface area (Å²) >= 11 is 3.38. The molecule has 0 heterocycles. The van der Waals surface area contributed by atoms with Crippen LogP contribution in [0, 0.1) is 0 Å². The number of nitrogens with two attached hydrogens (primary N) is 1. The fourth-order valence-electron chi connectivity index (χ4n) is 1.59. The van der Waals surface area contributed by atoms with E-state index >= 15 is 0 Å². The van der Waals surface area contributed by atoms with Crippen molar-refractivity contribution in [2.24, 2.45) is 10.8 Å². The van der Waals surface area contributed by atoms with Crippen LogP contribution in [-0.2, 0) is 4.79 Å². The third kappa shape index (κ3) is 4.92. The van der Waals surface area contributed by atoms with E-state index in [-0.39, 0.29) is 6.61 Å². The highest BCUT2D eigenvalue weighted by Crippen LogP contribution is 2.21. The second kappa shape index (κ2) is 7.44. The van der Waals surface area contributed by atoms with E-state index in [0.29, 0.717) is 5.75 Å². The van der Waals surface area contributed by atoms with Crippen molar-refractivity contribution in [3.05, 3.63) is 58.6 Å². The van der Waals surface area contributed by atoms with E-state index in [1.165, 1.54) is 0 Å². The number of halogens is 1. The number of anilines is 1. The minimum atomic E-state index is -0.525. The second-order valence-electron chi connectivity index (χ2n) is 4.17. The number of amides is 1. The monoisotopic (exact) mass is 347 g/mol. The molecule has 3 N–H and O–H groups in total. The highest BCUT2D eigenvalue weighted by molar-refractivity contribution is 9.10. The first-order valence-corrected chi connectivity index (χ1v) is 6.99. The van der Waals surface area contributed by atoms with Crippen molar-refractivity contribution in [3.8, 4) is 5.75 Å². The molecule has 0 aliphatic rings. The number of benzene rings is 2. The topological polar surface area (TPSA) is 76.7 Å². The van der Waals surface area contributed by atoms with Gasteiger partial charge in [-0.1, -0.05) is 34.1 Å². The van der Waals surface area contributed by atoms with Crippen LogP contribution in [0.4, 0.5) is 5.69 Å². The van der Waals surface area contributed by atoms with Crippen molar-refractivity contribution >= 4 is 33.7 Å². The predicted octanol–water partition coefficient (Wildman–Crippen LogP) is 2.76. The summed E-state index contributed by atoms with van der Waals surface area (Å²) in [6.45, 7) is -0.172. The van der Waals surface area contributed by atoms with Gasteiger partial charge in [0, 0.05) is 10.0 Å². The van der Waals surface area contributed by atoms with E-state index in [1.54, 1.807) is 12.3 Å². The van der Waals surface area contributed by atoms with Crippen molar-refractivity contribution in [1.82, 2.24) is 0 Å². The molecule has 0 unspecified atom stereocenters. The number of hydrogen-bond donors (Lipinski definition) is 2. The zero-order valence-corrected chi connectivity index (χ0v) is 12.7. The van der Waals surface area contributed by atoms with Gasteiger partial charge in [-0.25, -0.2) is 0 Å². The molecule has 5 nitrogen and oxygen atoms in total. The first-order chi connectivity index (χ1) is 10.1. The summed E-state index contributed by atoms with van der Waals surface area (Å²) in [5.41, 5.74) is 9.60. The van der Waals surface area contributed by atoms with Crippen LogP contribution in [0.15, 0.2) is 58.1 Å². The summed E-state index contributed by atoms with van der Waals surface area (Å²) in [4.78, 5) is 10.8. The Balaban J connectivity index is 2.10. The standard InChI is InChI=1S/C15H14BrN3O2/c16-12-6-7-14(21-10-15(17)20)11(8-12)9-18-19-13-4-2-1-3-5-13/h1-9,19H,10H2,(H2,17,20). The Morgan fingerprint density at radius 1 is 1.29 bits per heavy atom. The van der Waals surface area contributed by atoms with E-state index in [1.807, 2.05) is 42.5 Å². The summed E-state index contributed by atoms with van der Waals surface area (Å²) in [7, 11) is 0. The van der Waals surface area contributed by atoms with E-state index in [9.17, 15) is 4.79 Å². The highest BCUT2D eigenvalue weighted by Gasteiger charge is 2.04. The molecule has 1 amide bonds. The van der Waals surface area contributed by atoms with Gasteiger partial charge in [0.25, 0.3) is 5.91 Å². The maximum absolute atomic E-state index is 10.8. The number of nitrogens with zero attached hydrogens (tertiary/aromatic N) is 1. The summed E-state index contributed by atoms with van der Waals surface area (Å²) in [6.07, 6.45) is 1.62. The summed E-state index contributed by atoms with van der Waals surface area (Å²) < 4.78 is 6.23. The Hall–Kier alpha value is -2.34. The minimum Gasteiger partial charge on any atom is -0.483 e. The minimum absolute atomic E-state index is 0.172. The first-order valence-electron chi connectivity index (χ1n) is 6.20. The molecule has 0 aromatic heterocycles. The van der Waals surface area contributed by atoms with Gasteiger partial charge in [0.05, 0.1) is 11.9 Å². The second-order valence-corrected chi connectivity index (χ2v) is 5.09. The Bertz CT molecular complexity index is 645. The van der Waals surface area contributed by atoms with Crippen molar-refractivity contribution in [2.45, 2.75) is 0 Å². The zero-order valence-electron chi connectivity index (χ0n) is 11.1. The van der Waals surface area contributed by atoms with Gasteiger partial charge in [0.1, 0.15) is 5.75 Å². The first kappa shape index (κ1) is 15.1. The molecular formula is C15H14BrN3O2. The van der Waals surface area contributed by atoms with Gasteiger partial charge < -0.3 is 10.5 Å². The molecule has 0 spiro atoms. The van der Waals surface area contributed by atoms with Gasteiger partial charge >= 0.3 is 0 Å². The lowest BCUT2D eigenvalue weighted by atomic mass is 10.2. The zero-order chi connectivity index (χ0) is 15.1. The predicted molar refractivity (Wildman–Crippen MR) is 86.5 cm³/mol. The molecule has 2 rings (SSSR count). The number of nitrogens with one attached hydrogen (secondary N) is 1. The Morgan fingerprint density at radius 2 is 2.05 bits per heavy atom. The van der Waals surface area contributed by atoms with E-state index in [0.717, 1.165) is 15.7 Å². The van der Waals surface area contributed by atoms with Gasteiger partial charge in [-0.3, -0.25) is 10.2 Å². The Kier molecular flexibility index (Phi) is 5.34. The Labute approximate surface area is 130 Å². The van der Waals surface area contributed by atoms with Gasteiger partial charge in [0.2, 0.25) is 0 Å². The molecule has 0 saturated carbocycles. The molecular weight excluding hydrogens is 334 g/mol. The lowest BCUT2D eigenvalue weighted by Gasteiger charge is -2.07. The van der Waals surface area contributed by atoms with Crippen LogP contribution in [-0.4, -0.2) is 18.7 Å². The van der Waals surface area contributed by atoms with Crippen molar-refractivity contribution in [3.63, 3.8) is 0 Å². The number of carbonyl (C=O) groups excluding carboxylic acids is 1. The van der Waals surface area contributed by atoms with E-state index in [2.05, 4.69) is 26.5 Å². The van der Waals surface area contributed by atoms with Crippen molar-refractivity contribution < 1.29 is 9.53 Å². The molecule has 108 valence electrons. The number of ether oxygens (including phenoxy) is 1. The maximum atomic E-state index is 10.8. The molecule has 0 aliphatic heterocycles. The number of primary amides is 1. The smallest absolute Gasteiger partial charge is 0.255 e. The number of hydrogen-bond acceptors (Lipinski definition) is 4. The van der Waals surface area contributed by atoms with Gasteiger partial charge in [-0.2, -0.15) is 5.10 Å². The highest BCUT2D eigenvalue weighted by atomic mass is 79.9. The lowest BCUT2D eigenvalue weighted by Crippen LogP contribution is -2.20. The molecule has 0 bridgehead atoms. The van der Waals surface area contributed by atoms with Crippen LogP contribution in [0.2, 0.25) is 0 Å². The molecule has 2 aromatic rings. The number of carbonyl (C=O) groups is 1. The van der Waals surface area contributed by atoms with Crippen molar-refractivity contribution in [1.29, 1.82) is 0 Å². The van der Waals surface area contributed by atoms with Crippen LogP contribution in [0.25, 0.3) is 0 Å². The largest absolute Gasteiger partial charge is 0.483 e. The van der Waals surface area contributed by atoms with Crippen LogP contribution >= 0.6 is 15.9 Å². The molecule has 6 heteroatoms. The fraction of sp³-hybridized carbons (Fsp3) is 0.0667. The average Bonchev–Trinajstić information content (AvgIpc) is 2.47. The number of hydrazone groups is 1. The summed E-state index contributed by atoms with van der Waals surface area (Å²) in [6, 6.07) is 15.0.